The smallest absolute Gasteiger partial charge is 0.370 e. The van der Waals surface area contributed by atoms with Crippen LogP contribution >= 0.6 is 0 Å². The molecular weight excluding hydrogens is 356 g/mol. The van der Waals surface area contributed by atoms with Crippen LogP contribution in [0.15, 0.2) is 42.5 Å². The van der Waals surface area contributed by atoms with Gasteiger partial charge in [-0.05, 0) is 29.8 Å². The zero-order valence-electron chi connectivity index (χ0n) is 13.4. The summed E-state index contributed by atoms with van der Waals surface area (Å²) in [5, 5.41) is 11.3. The van der Waals surface area contributed by atoms with Crippen molar-refractivity contribution in [3.8, 4) is 0 Å². The van der Waals surface area contributed by atoms with E-state index in [1.54, 1.807) is 17.0 Å². The fourth-order valence-electron chi connectivity index (χ4n) is 2.86. The van der Waals surface area contributed by atoms with E-state index < -0.39 is 34.3 Å². The molecule has 1 unspecified atom stereocenters. The van der Waals surface area contributed by atoms with E-state index in [2.05, 4.69) is 0 Å². The van der Waals surface area contributed by atoms with Gasteiger partial charge in [-0.3, -0.25) is 10.1 Å². The highest BCUT2D eigenvalue weighted by Crippen LogP contribution is 2.38. The van der Waals surface area contributed by atoms with E-state index in [1.165, 1.54) is 12.1 Å². The number of hydrogen-bond acceptors (Lipinski definition) is 4. The van der Waals surface area contributed by atoms with Gasteiger partial charge in [0.2, 0.25) is 0 Å². The molecule has 1 aliphatic heterocycles. The topological polar surface area (TPSA) is 55.6 Å². The molecule has 1 aliphatic rings. The molecule has 0 spiro atoms. The quantitative estimate of drug-likeness (QED) is 0.458. The van der Waals surface area contributed by atoms with Crippen LogP contribution in [0.1, 0.15) is 17.2 Å². The number of benzene rings is 2. The third-order valence-corrected chi connectivity index (χ3v) is 4.15. The maximum atomic E-state index is 13.1. The minimum absolute atomic E-state index is 0.0958. The molecule has 0 bridgehead atoms. The minimum atomic E-state index is -4.66. The van der Waals surface area contributed by atoms with Crippen molar-refractivity contribution in [2.75, 3.05) is 24.6 Å². The molecule has 9 heteroatoms. The van der Waals surface area contributed by atoms with Crippen molar-refractivity contribution >= 4 is 11.4 Å². The molecule has 0 N–H and O–H groups in total. The Balaban J connectivity index is 1.90. The Hall–Kier alpha value is -2.68. The summed E-state index contributed by atoms with van der Waals surface area (Å²) in [5.41, 5.74) is -0.903. The molecule has 2 aromatic rings. The standard InChI is InChI=1S/C17H14F4N2O3/c18-13-4-1-11(2-5-13)16-10-22(7-8-26-16)14-6-3-12(17(19,20)21)9-15(14)23(24)25/h1-6,9,16H,7-8,10H2. The van der Waals surface area contributed by atoms with Gasteiger partial charge in [-0.15, -0.1) is 0 Å². The number of hydrogen-bond donors (Lipinski definition) is 0. The van der Waals surface area contributed by atoms with Crippen LogP contribution in [0.2, 0.25) is 0 Å². The Morgan fingerprint density at radius 2 is 1.85 bits per heavy atom. The van der Waals surface area contributed by atoms with Gasteiger partial charge < -0.3 is 9.64 Å². The molecule has 0 aromatic heterocycles. The van der Waals surface area contributed by atoms with Gasteiger partial charge in [-0.2, -0.15) is 13.2 Å². The Bertz CT molecular complexity index is 809. The molecule has 1 saturated heterocycles. The first-order valence-electron chi connectivity index (χ1n) is 7.73. The summed E-state index contributed by atoms with van der Waals surface area (Å²) in [6.45, 7) is 0.738. The molecule has 138 valence electrons. The molecule has 2 aromatic carbocycles. The summed E-state index contributed by atoms with van der Waals surface area (Å²) in [4.78, 5) is 12.1. The lowest BCUT2D eigenvalue weighted by Gasteiger charge is -2.34. The van der Waals surface area contributed by atoms with Crippen molar-refractivity contribution in [1.29, 1.82) is 0 Å². The summed E-state index contributed by atoms with van der Waals surface area (Å²) in [7, 11) is 0. The van der Waals surface area contributed by atoms with E-state index in [4.69, 9.17) is 4.74 Å². The Labute approximate surface area is 145 Å². The van der Waals surface area contributed by atoms with Crippen LogP contribution in [0, 0.1) is 15.9 Å². The maximum absolute atomic E-state index is 13.1. The van der Waals surface area contributed by atoms with Crippen molar-refractivity contribution in [2.24, 2.45) is 0 Å². The predicted octanol–water partition coefficient (Wildman–Crippen LogP) is 4.33. The first-order chi connectivity index (χ1) is 12.3. The van der Waals surface area contributed by atoms with E-state index >= 15 is 0 Å². The largest absolute Gasteiger partial charge is 0.416 e. The fourth-order valence-corrected chi connectivity index (χ4v) is 2.86. The lowest BCUT2D eigenvalue weighted by atomic mass is 10.1. The Kier molecular flexibility index (Phi) is 4.82. The fraction of sp³-hybridized carbons (Fsp3) is 0.294. The number of rotatable bonds is 3. The van der Waals surface area contributed by atoms with E-state index in [1.807, 2.05) is 0 Å². The highest BCUT2D eigenvalue weighted by molar-refractivity contribution is 5.65. The number of anilines is 1. The third kappa shape index (κ3) is 3.77. The van der Waals surface area contributed by atoms with Gasteiger partial charge in [0.25, 0.3) is 5.69 Å². The number of nitro groups is 1. The van der Waals surface area contributed by atoms with E-state index in [9.17, 15) is 27.7 Å². The molecule has 0 saturated carbocycles. The van der Waals surface area contributed by atoms with E-state index in [0.717, 1.165) is 12.1 Å². The molecule has 0 aliphatic carbocycles. The lowest BCUT2D eigenvalue weighted by Crippen LogP contribution is -2.38. The summed E-state index contributed by atoms with van der Waals surface area (Å²) in [6.07, 6.45) is -5.13. The van der Waals surface area contributed by atoms with Crippen molar-refractivity contribution in [3.05, 3.63) is 69.5 Å². The normalized spacial score (nSPS) is 18.0. The number of morpholine rings is 1. The second-order valence-corrected chi connectivity index (χ2v) is 5.82. The second kappa shape index (κ2) is 6.91. The second-order valence-electron chi connectivity index (χ2n) is 5.82. The molecule has 1 atom stereocenters. The first-order valence-corrected chi connectivity index (χ1v) is 7.73. The van der Waals surface area contributed by atoms with Crippen LogP contribution in [0.25, 0.3) is 0 Å². The first kappa shape index (κ1) is 18.1. The predicted molar refractivity (Wildman–Crippen MR) is 85.4 cm³/mol. The average Bonchev–Trinajstić information content (AvgIpc) is 2.61. The highest BCUT2D eigenvalue weighted by atomic mass is 19.4. The van der Waals surface area contributed by atoms with Gasteiger partial charge in [0, 0.05) is 19.2 Å². The summed E-state index contributed by atoms with van der Waals surface area (Å²) in [6, 6.07) is 8.11. The number of nitro benzene ring substituents is 1. The number of alkyl halides is 3. The van der Waals surface area contributed by atoms with Gasteiger partial charge in [0.15, 0.2) is 0 Å². The molecule has 5 nitrogen and oxygen atoms in total. The van der Waals surface area contributed by atoms with Crippen LogP contribution in [0.5, 0.6) is 0 Å². The molecule has 26 heavy (non-hydrogen) atoms. The molecular formula is C17H14F4N2O3. The summed E-state index contributed by atoms with van der Waals surface area (Å²) in [5.74, 6) is -0.403. The zero-order chi connectivity index (χ0) is 18.9. The monoisotopic (exact) mass is 370 g/mol. The van der Waals surface area contributed by atoms with Crippen molar-refractivity contribution in [2.45, 2.75) is 12.3 Å². The SMILES string of the molecule is O=[N+]([O-])c1cc(C(F)(F)F)ccc1N1CCOC(c2ccc(F)cc2)C1. The van der Waals surface area contributed by atoms with Crippen LogP contribution in [0.4, 0.5) is 28.9 Å². The lowest BCUT2D eigenvalue weighted by molar-refractivity contribution is -0.384. The third-order valence-electron chi connectivity index (χ3n) is 4.15. The van der Waals surface area contributed by atoms with Crippen LogP contribution in [-0.2, 0) is 10.9 Å². The number of ether oxygens (including phenoxy) is 1. The maximum Gasteiger partial charge on any atom is 0.416 e. The molecule has 1 heterocycles. The average molecular weight is 370 g/mol. The molecule has 1 fully saturated rings. The molecule has 0 radical (unpaired) electrons. The van der Waals surface area contributed by atoms with Crippen LogP contribution < -0.4 is 4.90 Å². The van der Waals surface area contributed by atoms with E-state index in [0.29, 0.717) is 18.2 Å². The highest BCUT2D eigenvalue weighted by Gasteiger charge is 2.34. The number of halogens is 4. The van der Waals surface area contributed by atoms with Crippen molar-refractivity contribution in [1.82, 2.24) is 0 Å². The molecule has 0 amide bonds. The van der Waals surface area contributed by atoms with Crippen LogP contribution in [-0.4, -0.2) is 24.6 Å². The van der Waals surface area contributed by atoms with Gasteiger partial charge in [-0.25, -0.2) is 4.39 Å². The van der Waals surface area contributed by atoms with Crippen molar-refractivity contribution < 1.29 is 27.2 Å². The summed E-state index contributed by atoms with van der Waals surface area (Å²) < 4.78 is 57.2. The van der Waals surface area contributed by atoms with Gasteiger partial charge in [-0.1, -0.05) is 12.1 Å². The summed E-state index contributed by atoms with van der Waals surface area (Å²) >= 11 is 0. The van der Waals surface area contributed by atoms with E-state index in [-0.39, 0.29) is 18.8 Å². The van der Waals surface area contributed by atoms with Gasteiger partial charge >= 0.3 is 6.18 Å². The van der Waals surface area contributed by atoms with Gasteiger partial charge in [0.1, 0.15) is 17.6 Å². The Morgan fingerprint density at radius 1 is 1.15 bits per heavy atom. The van der Waals surface area contributed by atoms with Crippen molar-refractivity contribution in [3.63, 3.8) is 0 Å². The molecule has 3 rings (SSSR count). The van der Waals surface area contributed by atoms with Gasteiger partial charge in [0.05, 0.1) is 17.1 Å². The number of nitrogens with zero attached hydrogens (tertiary/aromatic N) is 2. The Morgan fingerprint density at radius 3 is 2.46 bits per heavy atom. The van der Waals surface area contributed by atoms with Crippen LogP contribution in [0.3, 0.4) is 0 Å². The zero-order valence-corrected chi connectivity index (χ0v) is 13.4. The minimum Gasteiger partial charge on any atom is -0.370 e.